The number of hydrogen-bond donors (Lipinski definition) is 0. The Hall–Kier alpha value is -2.88. The Morgan fingerprint density at radius 3 is 2.29 bits per heavy atom. The number of rotatable bonds is 4. The Labute approximate surface area is 202 Å². The first-order chi connectivity index (χ1) is 16.6. The molecule has 1 spiro atoms. The average Bonchev–Trinajstić information content (AvgIpc) is 2.76. The van der Waals surface area contributed by atoms with Crippen molar-refractivity contribution < 1.29 is 22.7 Å². The molecule has 35 heavy (non-hydrogen) atoms. The number of aromatic nitrogens is 2. The molecule has 7 nitrogen and oxygen atoms in total. The van der Waals surface area contributed by atoms with Gasteiger partial charge in [-0.2, -0.15) is 13.2 Å². The second kappa shape index (κ2) is 8.96. The highest BCUT2D eigenvalue weighted by molar-refractivity contribution is 5.69. The highest BCUT2D eigenvalue weighted by atomic mass is 19.4. The molecule has 0 N–H and O–H groups in total. The van der Waals surface area contributed by atoms with Gasteiger partial charge in [-0.25, -0.2) is 14.8 Å². The second-order valence-corrected chi connectivity index (χ2v) is 10.3. The molecule has 3 fully saturated rings. The van der Waals surface area contributed by atoms with E-state index in [0.717, 1.165) is 44.9 Å². The van der Waals surface area contributed by atoms with Gasteiger partial charge in [-0.15, -0.1) is 0 Å². The molecular formula is C25H30F3N5O2. The van der Waals surface area contributed by atoms with Gasteiger partial charge >= 0.3 is 12.3 Å². The third-order valence-corrected chi connectivity index (χ3v) is 7.34. The lowest BCUT2D eigenvalue weighted by atomic mass is 9.61. The summed E-state index contributed by atoms with van der Waals surface area (Å²) in [5.74, 6) is 0.371. The summed E-state index contributed by atoms with van der Waals surface area (Å²) in [5.41, 5.74) is 0.572. The van der Waals surface area contributed by atoms with E-state index in [1.165, 1.54) is 5.56 Å². The zero-order chi connectivity index (χ0) is 24.8. The van der Waals surface area contributed by atoms with Gasteiger partial charge in [-0.3, -0.25) is 9.80 Å². The van der Waals surface area contributed by atoms with Gasteiger partial charge in [0.1, 0.15) is 11.9 Å². The first-order valence-corrected chi connectivity index (χ1v) is 12.0. The summed E-state index contributed by atoms with van der Waals surface area (Å²) in [6.07, 6.45) is -1.21. The van der Waals surface area contributed by atoms with Crippen LogP contribution >= 0.6 is 0 Å². The van der Waals surface area contributed by atoms with Crippen LogP contribution in [-0.2, 0) is 17.5 Å². The average molecular weight is 490 g/mol. The smallest absolute Gasteiger partial charge is 0.434 e. The molecule has 1 saturated carbocycles. The highest BCUT2D eigenvalue weighted by Gasteiger charge is 2.54. The first kappa shape index (κ1) is 23.8. The Morgan fingerprint density at radius 1 is 1.06 bits per heavy atom. The summed E-state index contributed by atoms with van der Waals surface area (Å²) in [6.45, 7) is 7.75. The van der Waals surface area contributed by atoms with E-state index in [4.69, 9.17) is 4.74 Å². The highest BCUT2D eigenvalue weighted by Crippen LogP contribution is 2.50. The Kier molecular flexibility index (Phi) is 6.11. The lowest BCUT2D eigenvalue weighted by Crippen LogP contribution is -2.65. The van der Waals surface area contributed by atoms with Crippen molar-refractivity contribution in [2.45, 2.75) is 57.6 Å². The zero-order valence-corrected chi connectivity index (χ0v) is 19.9. The number of amides is 1. The maximum Gasteiger partial charge on any atom is 0.434 e. The van der Waals surface area contributed by atoms with Crippen LogP contribution in [0.15, 0.2) is 42.7 Å². The normalized spacial score (nSPS) is 24.7. The maximum absolute atomic E-state index is 13.0. The second-order valence-electron chi connectivity index (χ2n) is 10.3. The van der Waals surface area contributed by atoms with Crippen molar-refractivity contribution in [2.75, 3.05) is 31.1 Å². The largest absolute Gasteiger partial charge is 0.446 e. The van der Waals surface area contributed by atoms with Gasteiger partial charge in [0.05, 0.1) is 24.5 Å². The predicted octanol–water partition coefficient (Wildman–Crippen LogP) is 4.20. The lowest BCUT2D eigenvalue weighted by Gasteiger charge is -2.58. The Balaban J connectivity index is 1.09. The fraction of sp³-hybridized carbons (Fsp3) is 0.560. The number of halogens is 3. The standard InChI is InChI=1S/C25H30F3N5O2/c1-17-12-32(22-11-29-21(10-30-22)25(26,27)28)13-18(2)33(17)23(34)35-20-8-24(9-20)15-31(16-24)14-19-6-4-3-5-7-19/h3-7,10-11,17-18,20H,8-9,12-16H2,1-2H3/t17-,18-/m1/s1. The van der Waals surface area contributed by atoms with Gasteiger partial charge in [0, 0.05) is 38.1 Å². The molecule has 2 atom stereocenters. The number of carbonyl (C=O) groups excluding carboxylic acids is 1. The number of likely N-dealkylation sites (tertiary alicyclic amines) is 1. The van der Waals surface area contributed by atoms with E-state index >= 15 is 0 Å². The first-order valence-electron chi connectivity index (χ1n) is 12.0. The molecule has 0 bridgehead atoms. The Morgan fingerprint density at radius 2 is 1.71 bits per heavy atom. The molecule has 188 valence electrons. The SMILES string of the molecule is C[C@@H]1CN(c2cnc(C(F)(F)F)cn2)C[C@@H](C)N1C(=O)OC1CC2(C1)CN(Cc1ccccc1)C2. The molecule has 2 aromatic rings. The number of benzene rings is 1. The number of nitrogens with zero attached hydrogens (tertiary/aromatic N) is 5. The number of anilines is 1. The van der Waals surface area contributed by atoms with Crippen LogP contribution in [0.5, 0.6) is 0 Å². The summed E-state index contributed by atoms with van der Waals surface area (Å²) in [7, 11) is 0. The summed E-state index contributed by atoms with van der Waals surface area (Å²) in [5, 5.41) is 0. The number of alkyl halides is 3. The van der Waals surface area contributed by atoms with Crippen molar-refractivity contribution in [3.8, 4) is 0 Å². The molecule has 2 saturated heterocycles. The van der Waals surface area contributed by atoms with Gasteiger partial charge < -0.3 is 9.64 Å². The molecule has 2 aliphatic heterocycles. The molecule has 10 heteroatoms. The third kappa shape index (κ3) is 4.94. The topological polar surface area (TPSA) is 61.8 Å². The van der Waals surface area contributed by atoms with Crippen molar-refractivity contribution in [3.63, 3.8) is 0 Å². The number of ether oxygens (including phenoxy) is 1. The fourth-order valence-electron chi connectivity index (χ4n) is 5.81. The van der Waals surface area contributed by atoms with Crippen LogP contribution in [0.25, 0.3) is 0 Å². The maximum atomic E-state index is 13.0. The summed E-state index contributed by atoms with van der Waals surface area (Å²) in [4.78, 5) is 26.4. The monoisotopic (exact) mass is 489 g/mol. The molecule has 1 aromatic heterocycles. The quantitative estimate of drug-likeness (QED) is 0.642. The van der Waals surface area contributed by atoms with Crippen molar-refractivity contribution in [3.05, 3.63) is 54.0 Å². The molecule has 5 rings (SSSR count). The van der Waals surface area contributed by atoms with Crippen LogP contribution in [0.2, 0.25) is 0 Å². The van der Waals surface area contributed by atoms with Gasteiger partial charge in [-0.1, -0.05) is 30.3 Å². The molecule has 1 aromatic carbocycles. The molecule has 1 amide bonds. The van der Waals surface area contributed by atoms with E-state index < -0.39 is 11.9 Å². The number of carbonyl (C=O) groups is 1. The third-order valence-electron chi connectivity index (χ3n) is 7.34. The molecule has 3 aliphatic rings. The van der Waals surface area contributed by atoms with Crippen LogP contribution in [0.1, 0.15) is 37.9 Å². The van der Waals surface area contributed by atoms with Crippen molar-refractivity contribution in [1.29, 1.82) is 0 Å². The molecule has 3 heterocycles. The van der Waals surface area contributed by atoms with E-state index in [-0.39, 0.29) is 29.7 Å². The summed E-state index contributed by atoms with van der Waals surface area (Å²) in [6, 6.07) is 10.1. The van der Waals surface area contributed by atoms with E-state index in [0.29, 0.717) is 18.9 Å². The minimum atomic E-state index is -4.52. The number of piperazine rings is 1. The fourth-order valence-corrected chi connectivity index (χ4v) is 5.81. The van der Waals surface area contributed by atoms with Gasteiger partial charge in [0.25, 0.3) is 0 Å². The van der Waals surface area contributed by atoms with Gasteiger partial charge in [-0.05, 0) is 32.3 Å². The summed E-state index contributed by atoms with van der Waals surface area (Å²) < 4.78 is 44.2. The van der Waals surface area contributed by atoms with E-state index in [1.54, 1.807) is 4.90 Å². The minimum absolute atomic E-state index is 0.0559. The van der Waals surface area contributed by atoms with E-state index in [9.17, 15) is 18.0 Å². The van der Waals surface area contributed by atoms with Crippen molar-refractivity contribution in [2.24, 2.45) is 5.41 Å². The zero-order valence-electron chi connectivity index (χ0n) is 19.9. The van der Waals surface area contributed by atoms with Crippen LogP contribution in [0.3, 0.4) is 0 Å². The number of hydrogen-bond acceptors (Lipinski definition) is 6. The summed E-state index contributed by atoms with van der Waals surface area (Å²) >= 11 is 0. The van der Waals surface area contributed by atoms with Crippen LogP contribution < -0.4 is 4.90 Å². The van der Waals surface area contributed by atoms with Crippen molar-refractivity contribution in [1.82, 2.24) is 19.8 Å². The predicted molar refractivity (Wildman–Crippen MR) is 124 cm³/mol. The van der Waals surface area contributed by atoms with Gasteiger partial charge in [0.2, 0.25) is 0 Å². The molecule has 1 aliphatic carbocycles. The van der Waals surface area contributed by atoms with Crippen LogP contribution in [0, 0.1) is 5.41 Å². The van der Waals surface area contributed by atoms with E-state index in [2.05, 4.69) is 39.1 Å². The van der Waals surface area contributed by atoms with E-state index in [1.807, 2.05) is 24.8 Å². The minimum Gasteiger partial charge on any atom is -0.446 e. The van der Waals surface area contributed by atoms with Crippen molar-refractivity contribution >= 4 is 11.9 Å². The van der Waals surface area contributed by atoms with Crippen LogP contribution in [0.4, 0.5) is 23.8 Å². The Bertz CT molecular complexity index is 1020. The lowest BCUT2D eigenvalue weighted by molar-refractivity contribution is -0.141. The molecular weight excluding hydrogens is 459 g/mol. The molecule has 0 radical (unpaired) electrons. The van der Waals surface area contributed by atoms with Gasteiger partial charge in [0.15, 0.2) is 5.69 Å². The molecule has 0 unspecified atom stereocenters. The van der Waals surface area contributed by atoms with Crippen LogP contribution in [-0.4, -0.2) is 70.2 Å².